The second-order valence-corrected chi connectivity index (χ2v) is 4.33. The predicted octanol–water partition coefficient (Wildman–Crippen LogP) is 0.984. The smallest absolute Gasteiger partial charge is 0.382 e. The van der Waals surface area contributed by atoms with Gasteiger partial charge in [-0.25, -0.2) is 0 Å². The van der Waals surface area contributed by atoms with Gasteiger partial charge >= 0.3 is 6.18 Å². The van der Waals surface area contributed by atoms with Crippen molar-refractivity contribution >= 4 is 0 Å². The molecule has 0 aromatic heterocycles. The first kappa shape index (κ1) is 13.7. The lowest BCUT2D eigenvalue weighted by Crippen LogP contribution is -2.43. The summed E-state index contributed by atoms with van der Waals surface area (Å²) in [6.07, 6.45) is -4.07. The standard InChI is InChI=1S/C10H19F3N2O/c1-15(7-9(16)10(11,12)13)8-3-2-5-14-6-4-8/h8-9,14,16H,2-7H2,1H3. The van der Waals surface area contributed by atoms with Crippen LogP contribution in [0.15, 0.2) is 0 Å². The van der Waals surface area contributed by atoms with Crippen LogP contribution in [0.3, 0.4) is 0 Å². The van der Waals surface area contributed by atoms with Crippen molar-refractivity contribution in [3.8, 4) is 0 Å². The zero-order valence-corrected chi connectivity index (χ0v) is 9.43. The average molecular weight is 240 g/mol. The summed E-state index contributed by atoms with van der Waals surface area (Å²) in [4.78, 5) is 1.62. The van der Waals surface area contributed by atoms with Crippen molar-refractivity contribution in [1.82, 2.24) is 10.2 Å². The first-order chi connectivity index (χ1) is 7.41. The quantitative estimate of drug-likeness (QED) is 0.772. The van der Waals surface area contributed by atoms with Gasteiger partial charge in [0.05, 0.1) is 0 Å². The highest BCUT2D eigenvalue weighted by atomic mass is 19.4. The molecule has 0 aromatic rings. The summed E-state index contributed by atoms with van der Waals surface area (Å²) in [5.74, 6) is 0. The molecule has 1 heterocycles. The van der Waals surface area contributed by atoms with E-state index in [0.29, 0.717) is 0 Å². The van der Waals surface area contributed by atoms with Crippen molar-refractivity contribution in [1.29, 1.82) is 0 Å². The van der Waals surface area contributed by atoms with Gasteiger partial charge in [-0.3, -0.25) is 0 Å². The monoisotopic (exact) mass is 240 g/mol. The van der Waals surface area contributed by atoms with E-state index < -0.39 is 12.3 Å². The van der Waals surface area contributed by atoms with Gasteiger partial charge in [-0.05, 0) is 39.4 Å². The summed E-state index contributed by atoms with van der Waals surface area (Å²) in [6, 6.07) is 0.131. The largest absolute Gasteiger partial charge is 0.415 e. The van der Waals surface area contributed by atoms with Crippen LogP contribution in [0.25, 0.3) is 0 Å². The van der Waals surface area contributed by atoms with Crippen molar-refractivity contribution in [3.05, 3.63) is 0 Å². The Hall–Kier alpha value is -0.330. The molecule has 0 radical (unpaired) electrons. The maximum Gasteiger partial charge on any atom is 0.415 e. The molecule has 2 atom stereocenters. The van der Waals surface area contributed by atoms with Gasteiger partial charge in [0.15, 0.2) is 6.10 Å². The minimum Gasteiger partial charge on any atom is -0.382 e. The zero-order chi connectivity index (χ0) is 12.2. The van der Waals surface area contributed by atoms with Crippen LogP contribution in [0.4, 0.5) is 13.2 Å². The molecule has 1 fully saturated rings. The van der Waals surface area contributed by atoms with Crippen molar-refractivity contribution in [2.45, 2.75) is 37.6 Å². The molecule has 6 heteroatoms. The maximum absolute atomic E-state index is 12.2. The van der Waals surface area contributed by atoms with Gasteiger partial charge in [0.2, 0.25) is 0 Å². The SMILES string of the molecule is CN(CC(O)C(F)(F)F)C1CCCNCC1. The maximum atomic E-state index is 12.2. The highest BCUT2D eigenvalue weighted by Crippen LogP contribution is 2.22. The molecular formula is C10H19F3N2O. The average Bonchev–Trinajstić information content (AvgIpc) is 2.43. The third-order valence-electron chi connectivity index (χ3n) is 3.01. The summed E-state index contributed by atoms with van der Waals surface area (Å²) in [7, 11) is 1.64. The second-order valence-electron chi connectivity index (χ2n) is 4.33. The Morgan fingerprint density at radius 2 is 2.06 bits per heavy atom. The molecule has 16 heavy (non-hydrogen) atoms. The molecule has 2 unspecified atom stereocenters. The molecule has 1 rings (SSSR count). The van der Waals surface area contributed by atoms with Gasteiger partial charge in [-0.1, -0.05) is 0 Å². The van der Waals surface area contributed by atoms with Gasteiger partial charge in [-0.2, -0.15) is 13.2 Å². The number of halogens is 3. The zero-order valence-electron chi connectivity index (χ0n) is 9.43. The first-order valence-corrected chi connectivity index (χ1v) is 5.57. The van der Waals surface area contributed by atoms with Crippen LogP contribution in [0.2, 0.25) is 0 Å². The molecule has 3 nitrogen and oxygen atoms in total. The van der Waals surface area contributed by atoms with Crippen molar-refractivity contribution in [2.75, 3.05) is 26.7 Å². The number of hydrogen-bond acceptors (Lipinski definition) is 3. The normalized spacial score (nSPS) is 25.5. The second kappa shape index (κ2) is 5.84. The summed E-state index contributed by atoms with van der Waals surface area (Å²) in [6.45, 7) is 1.41. The lowest BCUT2D eigenvalue weighted by Gasteiger charge is -2.29. The highest BCUT2D eigenvalue weighted by molar-refractivity contribution is 4.77. The molecule has 0 aromatic carbocycles. The van der Waals surface area contributed by atoms with Crippen molar-refractivity contribution in [2.24, 2.45) is 0 Å². The van der Waals surface area contributed by atoms with Crippen LogP contribution in [0, 0.1) is 0 Å². The number of aliphatic hydroxyl groups excluding tert-OH is 1. The van der Waals surface area contributed by atoms with Gasteiger partial charge in [0, 0.05) is 12.6 Å². The third-order valence-corrected chi connectivity index (χ3v) is 3.01. The lowest BCUT2D eigenvalue weighted by atomic mass is 10.1. The molecule has 1 aliphatic rings. The van der Waals surface area contributed by atoms with Crippen LogP contribution >= 0.6 is 0 Å². The molecule has 1 saturated heterocycles. The summed E-state index contributed by atoms with van der Waals surface area (Å²) >= 11 is 0. The van der Waals surface area contributed by atoms with Crippen LogP contribution in [-0.4, -0.2) is 55.0 Å². The molecule has 1 aliphatic heterocycles. The molecule has 0 aliphatic carbocycles. The first-order valence-electron chi connectivity index (χ1n) is 5.57. The minimum absolute atomic E-state index is 0.131. The molecule has 2 N–H and O–H groups in total. The van der Waals surface area contributed by atoms with Gasteiger partial charge < -0.3 is 15.3 Å². The molecule has 96 valence electrons. The highest BCUT2D eigenvalue weighted by Gasteiger charge is 2.39. The van der Waals surface area contributed by atoms with E-state index in [2.05, 4.69) is 5.32 Å². The van der Waals surface area contributed by atoms with E-state index in [4.69, 9.17) is 5.11 Å². The number of alkyl halides is 3. The van der Waals surface area contributed by atoms with E-state index in [0.717, 1.165) is 32.4 Å². The van der Waals surface area contributed by atoms with Crippen molar-refractivity contribution in [3.63, 3.8) is 0 Å². The molecule has 0 saturated carbocycles. The van der Waals surface area contributed by atoms with E-state index in [9.17, 15) is 13.2 Å². The van der Waals surface area contributed by atoms with E-state index in [1.807, 2.05) is 0 Å². The lowest BCUT2D eigenvalue weighted by molar-refractivity contribution is -0.208. The Bertz CT molecular complexity index is 203. The van der Waals surface area contributed by atoms with E-state index >= 15 is 0 Å². The molecular weight excluding hydrogens is 221 g/mol. The fraction of sp³-hybridized carbons (Fsp3) is 1.00. The van der Waals surface area contributed by atoms with Crippen LogP contribution in [0.5, 0.6) is 0 Å². The number of aliphatic hydroxyl groups is 1. The Morgan fingerprint density at radius 3 is 2.69 bits per heavy atom. The summed E-state index contributed by atoms with van der Waals surface area (Å²) in [5.41, 5.74) is 0. The number of nitrogens with zero attached hydrogens (tertiary/aromatic N) is 1. The van der Waals surface area contributed by atoms with Gasteiger partial charge in [0.25, 0.3) is 0 Å². The van der Waals surface area contributed by atoms with E-state index in [1.54, 1.807) is 11.9 Å². The molecule has 0 bridgehead atoms. The number of nitrogens with one attached hydrogen (secondary N) is 1. The Morgan fingerprint density at radius 1 is 1.38 bits per heavy atom. The van der Waals surface area contributed by atoms with Crippen molar-refractivity contribution < 1.29 is 18.3 Å². The fourth-order valence-corrected chi connectivity index (χ4v) is 1.97. The third kappa shape index (κ3) is 4.27. The summed E-state index contributed by atoms with van der Waals surface area (Å²) in [5, 5.41) is 12.2. The van der Waals surface area contributed by atoms with Crippen LogP contribution < -0.4 is 5.32 Å². The molecule has 0 amide bonds. The van der Waals surface area contributed by atoms with E-state index in [1.165, 1.54) is 0 Å². The summed E-state index contributed by atoms with van der Waals surface area (Å²) < 4.78 is 36.5. The van der Waals surface area contributed by atoms with E-state index in [-0.39, 0.29) is 12.6 Å². The predicted molar refractivity (Wildman–Crippen MR) is 55.2 cm³/mol. The minimum atomic E-state index is -4.52. The van der Waals surface area contributed by atoms with Gasteiger partial charge in [0.1, 0.15) is 0 Å². The Kier molecular flexibility index (Phi) is 5.01. The Labute approximate surface area is 93.6 Å². The van der Waals surface area contributed by atoms with Gasteiger partial charge in [-0.15, -0.1) is 0 Å². The number of hydrogen-bond donors (Lipinski definition) is 2. The number of likely N-dealkylation sites (N-methyl/N-ethyl adjacent to an activating group) is 1. The molecule has 0 spiro atoms. The topological polar surface area (TPSA) is 35.5 Å². The number of rotatable bonds is 3. The van der Waals surface area contributed by atoms with Crippen LogP contribution in [-0.2, 0) is 0 Å². The van der Waals surface area contributed by atoms with Crippen LogP contribution in [0.1, 0.15) is 19.3 Å². The Balaban J connectivity index is 2.41. The fourth-order valence-electron chi connectivity index (χ4n) is 1.97.